The van der Waals surface area contributed by atoms with Crippen LogP contribution in [0.25, 0.3) is 6.08 Å². The van der Waals surface area contributed by atoms with Crippen molar-refractivity contribution in [3.05, 3.63) is 119 Å². The van der Waals surface area contributed by atoms with Gasteiger partial charge >= 0.3 is 5.97 Å². The molecule has 3 aromatic carbocycles. The molecule has 5 rings (SSSR count). The predicted molar refractivity (Wildman–Crippen MR) is 176 cm³/mol. The zero-order valence-electron chi connectivity index (χ0n) is 25.8. The number of hydrogen-bond acceptors (Lipinski definition) is 8. The zero-order chi connectivity index (χ0) is 32.1. The topological polar surface area (TPSA) is 88.4 Å². The summed E-state index contributed by atoms with van der Waals surface area (Å²) in [5.41, 5.74) is 3.05. The Morgan fingerprint density at radius 3 is 2.36 bits per heavy atom. The summed E-state index contributed by atoms with van der Waals surface area (Å²) >= 11 is 7.27. The molecule has 0 bridgehead atoms. The molecular weight excluding hydrogens is 612 g/mol. The van der Waals surface area contributed by atoms with Crippen LogP contribution in [0.4, 0.5) is 0 Å². The molecule has 4 aromatic rings. The van der Waals surface area contributed by atoms with Crippen molar-refractivity contribution in [2.24, 2.45) is 4.99 Å². The predicted octanol–water partition coefficient (Wildman–Crippen LogP) is 6.22. The number of aromatic nitrogens is 1. The highest BCUT2D eigenvalue weighted by atomic mass is 35.5. The smallest absolute Gasteiger partial charge is 0.338 e. The number of esters is 1. The largest absolute Gasteiger partial charge is 0.494 e. The number of allylic oxidation sites excluding steroid dienone is 1. The first-order valence-electron chi connectivity index (χ1n) is 14.8. The van der Waals surface area contributed by atoms with Crippen LogP contribution in [0.5, 0.6) is 17.2 Å². The number of benzene rings is 3. The van der Waals surface area contributed by atoms with Gasteiger partial charge < -0.3 is 18.9 Å². The molecule has 0 aliphatic carbocycles. The van der Waals surface area contributed by atoms with Crippen molar-refractivity contribution < 1.29 is 23.7 Å². The minimum Gasteiger partial charge on any atom is -0.494 e. The number of halogens is 1. The number of carbonyl (C=O) groups is 1. The van der Waals surface area contributed by atoms with E-state index in [0.29, 0.717) is 62.7 Å². The molecule has 45 heavy (non-hydrogen) atoms. The molecule has 8 nitrogen and oxygen atoms in total. The normalized spacial score (nSPS) is 14.6. The van der Waals surface area contributed by atoms with E-state index < -0.39 is 12.0 Å². The van der Waals surface area contributed by atoms with Gasteiger partial charge in [0, 0.05) is 5.02 Å². The summed E-state index contributed by atoms with van der Waals surface area (Å²) in [5.74, 6) is 1.35. The number of fused-ring (bicyclic) bond motifs is 1. The van der Waals surface area contributed by atoms with Crippen LogP contribution >= 0.6 is 22.9 Å². The van der Waals surface area contributed by atoms with Gasteiger partial charge in [-0.15, -0.1) is 0 Å². The van der Waals surface area contributed by atoms with Gasteiger partial charge in [-0.2, -0.15) is 0 Å². The van der Waals surface area contributed by atoms with Crippen LogP contribution in [-0.4, -0.2) is 29.9 Å². The maximum Gasteiger partial charge on any atom is 0.338 e. The Hall–Kier alpha value is -4.34. The van der Waals surface area contributed by atoms with E-state index in [9.17, 15) is 9.59 Å². The molecule has 234 valence electrons. The fraction of sp³-hybridized carbons (Fsp3) is 0.286. The van der Waals surface area contributed by atoms with E-state index in [-0.39, 0.29) is 11.7 Å². The third-order valence-electron chi connectivity index (χ3n) is 6.96. The highest BCUT2D eigenvalue weighted by molar-refractivity contribution is 7.07. The minimum absolute atomic E-state index is 0.263. The van der Waals surface area contributed by atoms with Crippen LogP contribution in [0.1, 0.15) is 57.4 Å². The number of nitrogens with zero attached hydrogens (tertiary/aromatic N) is 2. The summed E-state index contributed by atoms with van der Waals surface area (Å²) in [6.07, 6.45) is 1.47. The molecule has 1 atom stereocenters. The lowest BCUT2D eigenvalue weighted by Gasteiger charge is -2.25. The van der Waals surface area contributed by atoms with Crippen molar-refractivity contribution in [2.45, 2.75) is 53.4 Å². The number of rotatable bonds is 11. The fourth-order valence-corrected chi connectivity index (χ4v) is 6.16. The van der Waals surface area contributed by atoms with E-state index in [1.165, 1.54) is 11.3 Å². The van der Waals surface area contributed by atoms with E-state index >= 15 is 0 Å². The summed E-state index contributed by atoms with van der Waals surface area (Å²) < 4.78 is 25.2. The van der Waals surface area contributed by atoms with Gasteiger partial charge in [0.05, 0.1) is 41.2 Å². The van der Waals surface area contributed by atoms with Gasteiger partial charge in [0.25, 0.3) is 5.56 Å². The molecule has 1 aliphatic heterocycles. The average molecular weight is 647 g/mol. The van der Waals surface area contributed by atoms with Crippen LogP contribution in [0, 0.1) is 0 Å². The van der Waals surface area contributed by atoms with Crippen molar-refractivity contribution in [3.8, 4) is 17.2 Å². The molecular formula is C35H35ClN2O6S. The number of hydrogen-bond donors (Lipinski definition) is 0. The maximum absolute atomic E-state index is 14.0. The van der Waals surface area contributed by atoms with Gasteiger partial charge in [-0.3, -0.25) is 9.36 Å². The van der Waals surface area contributed by atoms with E-state index in [2.05, 4.69) is 4.99 Å². The average Bonchev–Trinajstić information content (AvgIpc) is 3.31. The summed E-state index contributed by atoms with van der Waals surface area (Å²) in [6.45, 7) is 10.5. The molecule has 0 saturated heterocycles. The van der Waals surface area contributed by atoms with Crippen LogP contribution < -0.4 is 29.1 Å². The number of thiazole rings is 1. The second-order valence-corrected chi connectivity index (χ2v) is 12.0. The van der Waals surface area contributed by atoms with Crippen LogP contribution in [-0.2, 0) is 16.1 Å². The van der Waals surface area contributed by atoms with Crippen molar-refractivity contribution in [2.75, 3.05) is 13.2 Å². The molecule has 0 fully saturated rings. The molecule has 0 saturated carbocycles. The zero-order valence-corrected chi connectivity index (χ0v) is 27.4. The van der Waals surface area contributed by atoms with Gasteiger partial charge in [0.2, 0.25) is 0 Å². The lowest BCUT2D eigenvalue weighted by Crippen LogP contribution is -2.40. The number of carbonyl (C=O) groups excluding carboxylic acids is 1. The Morgan fingerprint density at radius 1 is 0.978 bits per heavy atom. The van der Waals surface area contributed by atoms with Crippen molar-refractivity contribution in [1.82, 2.24) is 4.57 Å². The quantitative estimate of drug-likeness (QED) is 0.180. The molecule has 0 N–H and O–H groups in total. The molecule has 0 spiro atoms. The molecule has 0 amide bonds. The summed E-state index contributed by atoms with van der Waals surface area (Å²) in [4.78, 5) is 32.6. The molecule has 1 aromatic heterocycles. The van der Waals surface area contributed by atoms with Crippen LogP contribution in [0.2, 0.25) is 5.02 Å². The Morgan fingerprint density at radius 2 is 1.69 bits per heavy atom. The van der Waals surface area contributed by atoms with Crippen LogP contribution in [0.15, 0.2) is 87.8 Å². The Kier molecular flexibility index (Phi) is 10.1. The van der Waals surface area contributed by atoms with E-state index in [4.69, 9.17) is 30.5 Å². The first-order chi connectivity index (χ1) is 21.7. The van der Waals surface area contributed by atoms with Crippen LogP contribution in [0.3, 0.4) is 0 Å². The van der Waals surface area contributed by atoms with Crippen molar-refractivity contribution in [1.29, 1.82) is 0 Å². The van der Waals surface area contributed by atoms with Crippen molar-refractivity contribution >= 4 is 35.0 Å². The third kappa shape index (κ3) is 7.32. The SMILES string of the molecule is CCOc1ccc([C@@H]2C(C(=O)OC(C)C)=C(C)N=c3s/c(=C/c4ccc(OCc5ccc(Cl)cc5)c(OCC)c4)c(=O)n32)cc1. The highest BCUT2D eigenvalue weighted by Crippen LogP contribution is 2.32. The fourth-order valence-electron chi connectivity index (χ4n) is 4.98. The van der Waals surface area contributed by atoms with E-state index in [1.807, 2.05) is 80.6 Å². The van der Waals surface area contributed by atoms with Gasteiger partial charge in [-0.1, -0.05) is 53.3 Å². The number of ether oxygens (including phenoxy) is 4. The van der Waals surface area contributed by atoms with Gasteiger partial charge in [-0.25, -0.2) is 9.79 Å². The third-order valence-corrected chi connectivity index (χ3v) is 8.20. The van der Waals surface area contributed by atoms with Crippen molar-refractivity contribution in [3.63, 3.8) is 0 Å². The standard InChI is InChI=1S/C35H35ClN2O6S/c1-6-41-27-15-11-25(12-16-27)32-31(34(40)44-21(3)4)22(5)37-35-38(32)33(39)30(45-35)19-24-10-17-28(29(18-24)42-7-2)43-20-23-8-13-26(36)14-9-23/h8-19,21,32H,6-7,20H2,1-5H3/b30-19+/t32-/m1/s1. The van der Waals surface area contributed by atoms with Gasteiger partial charge in [0.15, 0.2) is 16.3 Å². The second kappa shape index (κ2) is 14.2. The Labute approximate surface area is 270 Å². The Bertz CT molecular complexity index is 1890. The first-order valence-corrected chi connectivity index (χ1v) is 16.0. The van der Waals surface area contributed by atoms with E-state index in [1.54, 1.807) is 31.4 Å². The van der Waals surface area contributed by atoms with Gasteiger partial charge in [-0.05, 0) is 93.8 Å². The summed E-state index contributed by atoms with van der Waals surface area (Å²) in [6, 6.07) is 19.7. The molecule has 1 aliphatic rings. The highest BCUT2D eigenvalue weighted by Gasteiger charge is 2.33. The molecule has 2 heterocycles. The molecule has 0 radical (unpaired) electrons. The lowest BCUT2D eigenvalue weighted by atomic mass is 9.96. The minimum atomic E-state index is -0.715. The second-order valence-electron chi connectivity index (χ2n) is 10.6. The lowest BCUT2D eigenvalue weighted by molar-refractivity contribution is -0.143. The van der Waals surface area contributed by atoms with E-state index in [0.717, 1.165) is 16.7 Å². The molecule has 0 unspecified atom stereocenters. The molecule has 10 heteroatoms. The van der Waals surface area contributed by atoms with Gasteiger partial charge in [0.1, 0.15) is 12.4 Å². The maximum atomic E-state index is 14.0. The Balaban J connectivity index is 1.54. The first kappa shape index (κ1) is 32.1. The summed E-state index contributed by atoms with van der Waals surface area (Å²) in [7, 11) is 0. The summed E-state index contributed by atoms with van der Waals surface area (Å²) in [5, 5.41) is 0.663. The monoisotopic (exact) mass is 646 g/mol.